The molecule has 9 nitrogen and oxygen atoms in total. The minimum absolute atomic E-state index is 0.00241. The van der Waals surface area contributed by atoms with E-state index in [0.717, 1.165) is 25.9 Å². The van der Waals surface area contributed by atoms with Gasteiger partial charge in [0.05, 0.1) is 19.6 Å². The second-order valence-corrected chi connectivity index (χ2v) is 7.05. The number of aliphatic hydroxyl groups excluding tert-OH is 2. The summed E-state index contributed by atoms with van der Waals surface area (Å²) >= 11 is 0. The van der Waals surface area contributed by atoms with Crippen molar-refractivity contribution < 1.29 is 29.3 Å². The molecule has 28 heavy (non-hydrogen) atoms. The van der Waals surface area contributed by atoms with E-state index in [1.165, 1.54) is 7.11 Å². The summed E-state index contributed by atoms with van der Waals surface area (Å²) in [6.07, 6.45) is -1.92. The molecule has 2 aliphatic heterocycles. The van der Waals surface area contributed by atoms with Crippen molar-refractivity contribution in [3.63, 3.8) is 0 Å². The molecule has 0 aromatic heterocycles. The van der Waals surface area contributed by atoms with Crippen LogP contribution in [0.25, 0.3) is 0 Å². The number of nitrogens with one attached hydrogen (secondary N) is 2. The molecule has 2 aliphatic rings. The van der Waals surface area contributed by atoms with E-state index in [9.17, 15) is 19.8 Å². The van der Waals surface area contributed by atoms with Gasteiger partial charge in [0, 0.05) is 31.4 Å². The minimum Gasteiger partial charge on any atom is -0.497 e. The van der Waals surface area contributed by atoms with Gasteiger partial charge in [-0.1, -0.05) is 6.07 Å². The maximum atomic E-state index is 12.2. The first-order chi connectivity index (χ1) is 13.5. The topological polar surface area (TPSA) is 120 Å². The van der Waals surface area contributed by atoms with Gasteiger partial charge in [-0.3, -0.25) is 4.79 Å². The highest BCUT2D eigenvalue weighted by Gasteiger charge is 2.43. The fraction of sp³-hybridized carbons (Fsp3) is 0.579. The van der Waals surface area contributed by atoms with Crippen molar-refractivity contribution in [2.75, 3.05) is 32.1 Å². The molecule has 3 rings (SSSR count). The van der Waals surface area contributed by atoms with Crippen LogP contribution in [0.3, 0.4) is 0 Å². The molecule has 0 aliphatic carbocycles. The maximum Gasteiger partial charge on any atom is 0.319 e. The van der Waals surface area contributed by atoms with Crippen LogP contribution in [0.4, 0.5) is 10.5 Å². The van der Waals surface area contributed by atoms with Crippen LogP contribution < -0.4 is 15.4 Å². The van der Waals surface area contributed by atoms with Crippen molar-refractivity contribution in [1.29, 1.82) is 0 Å². The Morgan fingerprint density at radius 3 is 2.64 bits per heavy atom. The summed E-state index contributed by atoms with van der Waals surface area (Å²) in [7, 11) is 1.54. The van der Waals surface area contributed by atoms with Crippen LogP contribution in [0.2, 0.25) is 0 Å². The smallest absolute Gasteiger partial charge is 0.319 e. The molecule has 0 bridgehead atoms. The molecule has 0 saturated carbocycles. The monoisotopic (exact) mass is 393 g/mol. The average molecular weight is 393 g/mol. The molecule has 4 atom stereocenters. The number of carbonyl (C=O) groups excluding carboxylic acids is 2. The van der Waals surface area contributed by atoms with E-state index in [4.69, 9.17) is 9.47 Å². The van der Waals surface area contributed by atoms with Crippen LogP contribution in [-0.4, -0.2) is 78.2 Å². The predicted octanol–water partition coefficient (Wildman–Crippen LogP) is 0.318. The van der Waals surface area contributed by atoms with Crippen molar-refractivity contribution in [2.24, 2.45) is 0 Å². The number of likely N-dealkylation sites (tertiary alicyclic amines) is 1. The van der Waals surface area contributed by atoms with Gasteiger partial charge in [-0.15, -0.1) is 0 Å². The summed E-state index contributed by atoms with van der Waals surface area (Å²) in [6.45, 7) is 1.45. The van der Waals surface area contributed by atoms with Crippen molar-refractivity contribution >= 4 is 17.6 Å². The normalized spacial score (nSPS) is 26.9. The zero-order valence-electron chi connectivity index (χ0n) is 15.8. The van der Waals surface area contributed by atoms with Crippen LogP contribution in [0.5, 0.6) is 5.75 Å². The predicted molar refractivity (Wildman–Crippen MR) is 101 cm³/mol. The second-order valence-electron chi connectivity index (χ2n) is 7.05. The quantitative estimate of drug-likeness (QED) is 0.552. The Balaban J connectivity index is 1.47. The number of amides is 3. The molecule has 154 valence electrons. The Morgan fingerprint density at radius 2 is 1.93 bits per heavy atom. The molecule has 2 fully saturated rings. The number of urea groups is 1. The third kappa shape index (κ3) is 4.92. The summed E-state index contributed by atoms with van der Waals surface area (Å²) in [4.78, 5) is 26.1. The first kappa shape index (κ1) is 20.4. The van der Waals surface area contributed by atoms with E-state index < -0.39 is 30.4 Å². The van der Waals surface area contributed by atoms with E-state index >= 15 is 0 Å². The van der Waals surface area contributed by atoms with Crippen molar-refractivity contribution in [3.8, 4) is 5.75 Å². The van der Waals surface area contributed by atoms with Crippen molar-refractivity contribution in [1.82, 2.24) is 10.2 Å². The van der Waals surface area contributed by atoms with Gasteiger partial charge in [-0.05, 0) is 25.0 Å². The van der Waals surface area contributed by atoms with E-state index in [1.807, 2.05) is 0 Å². The van der Waals surface area contributed by atoms with E-state index in [2.05, 4.69) is 10.6 Å². The van der Waals surface area contributed by atoms with Gasteiger partial charge < -0.3 is 35.2 Å². The fourth-order valence-electron chi connectivity index (χ4n) is 3.50. The Morgan fingerprint density at radius 1 is 1.21 bits per heavy atom. The van der Waals surface area contributed by atoms with Crippen LogP contribution in [0.1, 0.15) is 19.3 Å². The molecule has 1 aromatic rings. The lowest BCUT2D eigenvalue weighted by molar-refractivity contribution is -0.134. The molecule has 4 N–H and O–H groups in total. The SMILES string of the molecule is COc1cccc(NC(=O)NC[C@H]2O[C@@H](CC(=O)N3CCCC3)[C@H](O)[C@@H]2O)c1. The summed E-state index contributed by atoms with van der Waals surface area (Å²) in [5.41, 5.74) is 0.554. The van der Waals surface area contributed by atoms with Gasteiger partial charge >= 0.3 is 6.03 Å². The number of carbonyl (C=O) groups is 2. The van der Waals surface area contributed by atoms with Crippen molar-refractivity contribution in [2.45, 2.75) is 43.7 Å². The standard InChI is InChI=1S/C19H27N3O6/c1-27-13-6-4-5-12(9-13)21-19(26)20-11-15-18(25)17(24)14(28-15)10-16(23)22-7-2-3-8-22/h4-6,9,14-15,17-18,24-25H,2-3,7-8,10-11H2,1H3,(H2,20,21,26)/t14-,15+,17-,18+/m0/s1. The Bertz CT molecular complexity index is 694. The number of nitrogens with zero attached hydrogens (tertiary/aromatic N) is 1. The van der Waals surface area contributed by atoms with Gasteiger partial charge in [0.15, 0.2) is 0 Å². The zero-order valence-corrected chi connectivity index (χ0v) is 15.8. The second kappa shape index (κ2) is 9.22. The molecule has 0 spiro atoms. The molecule has 0 radical (unpaired) electrons. The number of benzene rings is 1. The summed E-state index contributed by atoms with van der Waals surface area (Å²) in [5, 5.41) is 25.6. The number of hydrogen-bond donors (Lipinski definition) is 4. The summed E-state index contributed by atoms with van der Waals surface area (Å²) in [5.74, 6) is 0.527. The highest BCUT2D eigenvalue weighted by Crippen LogP contribution is 2.25. The van der Waals surface area contributed by atoms with Crippen LogP contribution in [-0.2, 0) is 9.53 Å². The Hall–Kier alpha value is -2.36. The third-order valence-electron chi connectivity index (χ3n) is 5.09. The molecule has 1 aromatic carbocycles. The number of hydrogen-bond acceptors (Lipinski definition) is 6. The van der Waals surface area contributed by atoms with Crippen LogP contribution >= 0.6 is 0 Å². The van der Waals surface area contributed by atoms with Gasteiger partial charge in [0.25, 0.3) is 0 Å². The van der Waals surface area contributed by atoms with Gasteiger partial charge in [0.2, 0.25) is 5.91 Å². The van der Waals surface area contributed by atoms with Gasteiger partial charge in [0.1, 0.15) is 24.1 Å². The zero-order chi connectivity index (χ0) is 20.1. The minimum atomic E-state index is -1.17. The lowest BCUT2D eigenvalue weighted by atomic mass is 10.1. The maximum absolute atomic E-state index is 12.2. The van der Waals surface area contributed by atoms with E-state index in [0.29, 0.717) is 11.4 Å². The highest BCUT2D eigenvalue weighted by atomic mass is 16.5. The lowest BCUT2D eigenvalue weighted by Crippen LogP contribution is -2.41. The number of anilines is 1. The average Bonchev–Trinajstić information content (AvgIpc) is 3.31. The van der Waals surface area contributed by atoms with E-state index in [-0.39, 0.29) is 18.9 Å². The van der Waals surface area contributed by atoms with Crippen molar-refractivity contribution in [3.05, 3.63) is 24.3 Å². The number of methoxy groups -OCH3 is 1. The lowest BCUT2D eigenvalue weighted by Gasteiger charge is -2.19. The number of aliphatic hydroxyl groups is 2. The van der Waals surface area contributed by atoms with Crippen LogP contribution in [0.15, 0.2) is 24.3 Å². The fourth-order valence-corrected chi connectivity index (χ4v) is 3.50. The Kier molecular flexibility index (Phi) is 6.71. The molecule has 2 heterocycles. The molecular formula is C19H27N3O6. The first-order valence-corrected chi connectivity index (χ1v) is 9.46. The highest BCUT2D eigenvalue weighted by molar-refractivity contribution is 5.89. The molecule has 9 heteroatoms. The van der Waals surface area contributed by atoms with E-state index in [1.54, 1.807) is 29.2 Å². The first-order valence-electron chi connectivity index (χ1n) is 9.46. The number of rotatable bonds is 6. The molecular weight excluding hydrogens is 366 g/mol. The molecule has 3 amide bonds. The van der Waals surface area contributed by atoms with Crippen LogP contribution in [0, 0.1) is 0 Å². The largest absolute Gasteiger partial charge is 0.497 e. The summed E-state index contributed by atoms with van der Waals surface area (Å²) < 4.78 is 10.7. The molecule has 0 unspecified atom stereocenters. The summed E-state index contributed by atoms with van der Waals surface area (Å²) in [6, 6.07) is 6.42. The number of ether oxygens (including phenoxy) is 2. The van der Waals surface area contributed by atoms with Gasteiger partial charge in [-0.25, -0.2) is 4.79 Å². The third-order valence-corrected chi connectivity index (χ3v) is 5.09. The molecule has 2 saturated heterocycles. The van der Waals surface area contributed by atoms with Gasteiger partial charge in [-0.2, -0.15) is 0 Å². The Labute approximate surface area is 163 Å².